The molecule has 2 aromatic carbocycles. The lowest BCUT2D eigenvalue weighted by Crippen LogP contribution is -2.50. The Morgan fingerprint density at radius 1 is 1.25 bits per heavy atom. The third kappa shape index (κ3) is 4.38. The summed E-state index contributed by atoms with van der Waals surface area (Å²) in [6.45, 7) is 5.51. The van der Waals surface area contributed by atoms with Gasteiger partial charge in [-0.3, -0.25) is 15.1 Å². The molecule has 2 aliphatic heterocycles. The average Bonchev–Trinajstić information content (AvgIpc) is 2.81. The Balaban J connectivity index is 1.79. The van der Waals surface area contributed by atoms with E-state index in [1.54, 1.807) is 24.1 Å². The zero-order chi connectivity index (χ0) is 22.5. The number of hydrazone groups is 1. The van der Waals surface area contributed by atoms with Crippen LogP contribution in [0, 0.1) is 0 Å². The smallest absolute Gasteiger partial charge is 0.344 e. The number of thioether (sulfide) groups is 1. The van der Waals surface area contributed by atoms with Gasteiger partial charge in [0, 0.05) is 16.5 Å². The minimum atomic E-state index is -0.649. The van der Waals surface area contributed by atoms with Crippen LogP contribution in [-0.2, 0) is 14.3 Å². The van der Waals surface area contributed by atoms with Crippen molar-refractivity contribution in [3.05, 3.63) is 77.3 Å². The highest BCUT2D eigenvalue weighted by Gasteiger charge is 2.35. The molecule has 1 N–H and O–H groups in total. The van der Waals surface area contributed by atoms with E-state index in [-0.39, 0.29) is 19.1 Å². The molecule has 0 aromatic heterocycles. The van der Waals surface area contributed by atoms with Gasteiger partial charge in [-0.1, -0.05) is 54.2 Å². The Bertz CT molecular complexity index is 1210. The van der Waals surface area contributed by atoms with Crippen LogP contribution < -0.4 is 20.6 Å². The van der Waals surface area contributed by atoms with Crippen molar-refractivity contribution < 1.29 is 19.1 Å². The van der Waals surface area contributed by atoms with Crippen LogP contribution in [0.25, 0.3) is 5.70 Å². The van der Waals surface area contributed by atoms with Crippen LogP contribution >= 0.6 is 11.8 Å². The molecule has 0 radical (unpaired) electrons. The second kappa shape index (κ2) is 9.69. The van der Waals surface area contributed by atoms with E-state index >= 15 is 0 Å². The molecular formula is C23H22N4O4S. The Morgan fingerprint density at radius 2 is 2.03 bits per heavy atom. The number of hydrogen-bond donors (Lipinski definition) is 1. The van der Waals surface area contributed by atoms with E-state index < -0.39 is 12.1 Å². The molecule has 0 saturated heterocycles. The van der Waals surface area contributed by atoms with E-state index in [1.807, 2.05) is 42.5 Å². The fraction of sp³-hybridized carbons (Fsp3) is 0.217. The molecule has 2 heterocycles. The van der Waals surface area contributed by atoms with Crippen molar-refractivity contribution in [2.24, 2.45) is 10.1 Å². The third-order valence-electron chi connectivity index (χ3n) is 4.70. The minimum Gasteiger partial charge on any atom is -0.481 e. The monoisotopic (exact) mass is 450 g/mol. The second-order valence-electron chi connectivity index (χ2n) is 6.80. The maximum Gasteiger partial charge on any atom is 0.344 e. The number of hydrogen-bond acceptors (Lipinski definition) is 8. The highest BCUT2D eigenvalue weighted by molar-refractivity contribution is 8.14. The Labute approximate surface area is 189 Å². The number of rotatable bonds is 7. The highest BCUT2D eigenvalue weighted by atomic mass is 32.2. The summed E-state index contributed by atoms with van der Waals surface area (Å²) in [4.78, 5) is 29.7. The van der Waals surface area contributed by atoms with E-state index in [0.717, 1.165) is 0 Å². The SMILES string of the molecule is C=CCSC1=NN2C(=c3ccccc3=N[C@@H]2c2ccccc2OCC(=O)OCC)C(=O)N1. The highest BCUT2D eigenvalue weighted by Crippen LogP contribution is 2.35. The van der Waals surface area contributed by atoms with E-state index in [9.17, 15) is 9.59 Å². The van der Waals surface area contributed by atoms with Crippen molar-refractivity contribution in [1.29, 1.82) is 0 Å². The molecule has 0 unspecified atom stereocenters. The van der Waals surface area contributed by atoms with Crippen LogP contribution in [0.4, 0.5) is 0 Å². The first-order valence-electron chi connectivity index (χ1n) is 10.1. The van der Waals surface area contributed by atoms with Crippen LogP contribution in [-0.4, -0.2) is 41.0 Å². The number of amidine groups is 1. The van der Waals surface area contributed by atoms with E-state index in [1.165, 1.54) is 11.8 Å². The Morgan fingerprint density at radius 3 is 2.84 bits per heavy atom. The fourth-order valence-corrected chi connectivity index (χ4v) is 3.98. The van der Waals surface area contributed by atoms with Crippen molar-refractivity contribution in [3.8, 4) is 5.75 Å². The summed E-state index contributed by atoms with van der Waals surface area (Å²) >= 11 is 1.37. The lowest BCUT2D eigenvalue weighted by Gasteiger charge is -2.34. The number of esters is 1. The van der Waals surface area contributed by atoms with Crippen LogP contribution in [0.5, 0.6) is 5.75 Å². The molecule has 0 saturated carbocycles. The van der Waals surface area contributed by atoms with Crippen LogP contribution in [0.1, 0.15) is 18.7 Å². The molecule has 0 spiro atoms. The summed E-state index contributed by atoms with van der Waals surface area (Å²) in [6.07, 6.45) is 1.09. The molecule has 1 atom stereocenters. The van der Waals surface area contributed by atoms with Crippen molar-refractivity contribution in [1.82, 2.24) is 10.3 Å². The fourth-order valence-electron chi connectivity index (χ4n) is 3.40. The average molecular weight is 451 g/mol. The van der Waals surface area contributed by atoms with Crippen LogP contribution in [0.3, 0.4) is 0 Å². The molecule has 9 heteroatoms. The lowest BCUT2D eigenvalue weighted by atomic mass is 10.1. The van der Waals surface area contributed by atoms with E-state index in [2.05, 4.69) is 17.0 Å². The predicted molar refractivity (Wildman–Crippen MR) is 122 cm³/mol. The zero-order valence-corrected chi connectivity index (χ0v) is 18.3. The van der Waals surface area contributed by atoms with Gasteiger partial charge in [0.2, 0.25) is 0 Å². The number of fused-ring (bicyclic) bond motifs is 2. The minimum absolute atomic E-state index is 0.227. The molecule has 0 bridgehead atoms. The largest absolute Gasteiger partial charge is 0.481 e. The first-order chi connectivity index (χ1) is 15.6. The second-order valence-corrected chi connectivity index (χ2v) is 7.81. The maximum absolute atomic E-state index is 13.1. The quantitative estimate of drug-likeness (QED) is 0.510. The van der Waals surface area contributed by atoms with E-state index in [0.29, 0.717) is 38.5 Å². The topological polar surface area (TPSA) is 92.6 Å². The Kier molecular flexibility index (Phi) is 6.55. The molecule has 2 aromatic rings. The molecule has 4 rings (SSSR count). The number of carbonyl (C=O) groups is 2. The van der Waals surface area contributed by atoms with Crippen molar-refractivity contribution in [3.63, 3.8) is 0 Å². The summed E-state index contributed by atoms with van der Waals surface area (Å²) < 4.78 is 10.7. The van der Waals surface area contributed by atoms with Gasteiger partial charge in [0.15, 0.2) is 17.9 Å². The first kappa shape index (κ1) is 21.6. The summed E-state index contributed by atoms with van der Waals surface area (Å²) in [5.74, 6) is 0.345. The van der Waals surface area contributed by atoms with Gasteiger partial charge in [0.05, 0.1) is 12.0 Å². The molecule has 0 fully saturated rings. The summed E-state index contributed by atoms with van der Waals surface area (Å²) in [7, 11) is 0. The van der Waals surface area contributed by atoms with Crippen LogP contribution in [0.15, 0.2) is 71.3 Å². The zero-order valence-electron chi connectivity index (χ0n) is 17.5. The van der Waals surface area contributed by atoms with Gasteiger partial charge in [0.25, 0.3) is 5.91 Å². The van der Waals surface area contributed by atoms with Crippen molar-refractivity contribution in [2.75, 3.05) is 19.0 Å². The number of nitrogens with one attached hydrogen (secondary N) is 1. The summed E-state index contributed by atoms with van der Waals surface area (Å²) in [5.41, 5.74) is 1.08. The van der Waals surface area contributed by atoms with Crippen LogP contribution in [0.2, 0.25) is 0 Å². The van der Waals surface area contributed by atoms with Crippen molar-refractivity contribution in [2.45, 2.75) is 13.1 Å². The van der Waals surface area contributed by atoms with Gasteiger partial charge in [-0.2, -0.15) is 0 Å². The summed E-state index contributed by atoms with van der Waals surface area (Å²) in [6, 6.07) is 14.7. The molecule has 32 heavy (non-hydrogen) atoms. The molecule has 0 aliphatic carbocycles. The molecular weight excluding hydrogens is 428 g/mol. The molecule has 1 amide bonds. The molecule has 8 nitrogen and oxygen atoms in total. The third-order valence-corrected chi connectivity index (χ3v) is 5.56. The van der Waals surface area contributed by atoms with Gasteiger partial charge in [-0.25, -0.2) is 9.80 Å². The van der Waals surface area contributed by atoms with Gasteiger partial charge in [-0.05, 0) is 19.1 Å². The van der Waals surface area contributed by atoms with E-state index in [4.69, 9.17) is 14.5 Å². The van der Waals surface area contributed by atoms with Gasteiger partial charge in [-0.15, -0.1) is 11.7 Å². The number of nitrogens with zero attached hydrogens (tertiary/aromatic N) is 3. The molecule has 164 valence electrons. The Hall–Kier alpha value is -3.59. The lowest BCUT2D eigenvalue weighted by molar-refractivity contribution is -0.145. The maximum atomic E-state index is 13.1. The number of carbonyl (C=O) groups excluding carboxylic acids is 2. The standard InChI is InChI=1S/C23H22N4O4S/c1-3-13-32-23-25-22(29)20-15-9-5-7-11-17(15)24-21(27(20)26-23)16-10-6-8-12-18(16)31-14-19(28)30-4-2/h3,5-12,21H,1,4,13-14H2,2H3,(H,25,26,29)/t21-/m0/s1. The van der Waals surface area contributed by atoms with Gasteiger partial charge < -0.3 is 9.47 Å². The predicted octanol–water partition coefficient (Wildman–Crippen LogP) is 1.69. The van der Waals surface area contributed by atoms with Gasteiger partial charge >= 0.3 is 5.97 Å². The number of amides is 1. The number of para-hydroxylation sites is 2. The molecule has 2 aliphatic rings. The van der Waals surface area contributed by atoms with Crippen molar-refractivity contribution >= 4 is 34.5 Å². The van der Waals surface area contributed by atoms with Gasteiger partial charge in [0.1, 0.15) is 11.4 Å². The first-order valence-corrected chi connectivity index (χ1v) is 11.1. The number of benzene rings is 2. The summed E-state index contributed by atoms with van der Waals surface area (Å²) in [5, 5.41) is 11.0. The normalized spacial score (nSPS) is 16.7. The number of ether oxygens (including phenoxy) is 2.